The summed E-state index contributed by atoms with van der Waals surface area (Å²) in [5.74, 6) is -3.79. The zero-order valence-electron chi connectivity index (χ0n) is 6.53. The Morgan fingerprint density at radius 2 is 1.85 bits per heavy atom. The maximum absolute atomic E-state index is 12.9. The van der Waals surface area contributed by atoms with Crippen molar-refractivity contribution in [3.63, 3.8) is 0 Å². The predicted molar refractivity (Wildman–Crippen MR) is 45.0 cm³/mol. The van der Waals surface area contributed by atoms with E-state index in [1.165, 1.54) is 17.7 Å². The highest BCUT2D eigenvalue weighted by atomic mass is 35.5. The van der Waals surface area contributed by atoms with Crippen molar-refractivity contribution in [1.29, 1.82) is 0 Å². The van der Waals surface area contributed by atoms with Crippen LogP contribution < -0.4 is 0 Å². The van der Waals surface area contributed by atoms with Crippen molar-refractivity contribution in [1.82, 2.24) is 0 Å². The lowest BCUT2D eigenvalue weighted by atomic mass is 10.1. The molecule has 0 atom stereocenters. The Kier molecular flexibility index (Phi) is 3.37. The van der Waals surface area contributed by atoms with Gasteiger partial charge in [-0.25, -0.2) is 13.2 Å². The minimum absolute atomic E-state index is 0.0794. The number of allylic oxidation sites excluding steroid dienone is 1. The molecule has 0 N–H and O–H groups in total. The van der Waals surface area contributed by atoms with Crippen molar-refractivity contribution in [3.8, 4) is 0 Å². The molecular formula is C9H6ClF3. The first-order chi connectivity index (χ1) is 6.16. The van der Waals surface area contributed by atoms with Crippen LogP contribution in [-0.2, 0) is 6.42 Å². The topological polar surface area (TPSA) is 0 Å². The van der Waals surface area contributed by atoms with E-state index in [1.54, 1.807) is 0 Å². The molecule has 0 aliphatic carbocycles. The van der Waals surface area contributed by atoms with E-state index < -0.39 is 17.5 Å². The summed E-state index contributed by atoms with van der Waals surface area (Å²) in [6.07, 6.45) is 1.59. The highest BCUT2D eigenvalue weighted by Gasteiger charge is 2.11. The van der Waals surface area contributed by atoms with Crippen LogP contribution in [0.25, 0.3) is 0 Å². The fourth-order valence-corrected chi connectivity index (χ4v) is 0.984. The quantitative estimate of drug-likeness (QED) is 0.651. The second-order valence-corrected chi connectivity index (χ2v) is 2.65. The van der Waals surface area contributed by atoms with E-state index in [2.05, 4.69) is 0 Å². The van der Waals surface area contributed by atoms with Crippen LogP contribution in [0.1, 0.15) is 5.56 Å². The summed E-state index contributed by atoms with van der Waals surface area (Å²) in [4.78, 5) is 0. The van der Waals surface area contributed by atoms with Crippen LogP contribution in [0.4, 0.5) is 13.2 Å². The van der Waals surface area contributed by atoms with Gasteiger partial charge in [0.25, 0.3) is 0 Å². The zero-order chi connectivity index (χ0) is 9.84. The summed E-state index contributed by atoms with van der Waals surface area (Å²) in [6, 6.07) is 2.07. The molecule has 70 valence electrons. The first-order valence-electron chi connectivity index (χ1n) is 3.54. The summed E-state index contributed by atoms with van der Waals surface area (Å²) < 4.78 is 37.9. The van der Waals surface area contributed by atoms with Gasteiger partial charge in [-0.2, -0.15) is 0 Å². The molecule has 0 nitrogen and oxygen atoms in total. The van der Waals surface area contributed by atoms with E-state index in [9.17, 15) is 13.2 Å². The van der Waals surface area contributed by atoms with Crippen molar-refractivity contribution in [2.75, 3.05) is 0 Å². The first-order valence-corrected chi connectivity index (χ1v) is 3.98. The summed E-state index contributed by atoms with van der Waals surface area (Å²) in [7, 11) is 0. The third kappa shape index (κ3) is 2.25. The molecule has 0 spiro atoms. The lowest BCUT2D eigenvalue weighted by molar-refractivity contribution is 0.442. The highest BCUT2D eigenvalue weighted by molar-refractivity contribution is 6.25. The molecule has 0 aliphatic rings. The number of hydrogen-bond acceptors (Lipinski definition) is 0. The van der Waals surface area contributed by atoms with Gasteiger partial charge in [0, 0.05) is 5.54 Å². The van der Waals surface area contributed by atoms with E-state index in [0.717, 1.165) is 6.07 Å². The Labute approximate surface area is 78.6 Å². The maximum atomic E-state index is 12.9. The molecule has 13 heavy (non-hydrogen) atoms. The van der Waals surface area contributed by atoms with Crippen LogP contribution in [0.3, 0.4) is 0 Å². The molecule has 4 heteroatoms. The van der Waals surface area contributed by atoms with Crippen molar-refractivity contribution in [3.05, 3.63) is 46.8 Å². The van der Waals surface area contributed by atoms with Crippen molar-refractivity contribution >= 4 is 11.6 Å². The fourth-order valence-electron chi connectivity index (χ4n) is 0.895. The maximum Gasteiger partial charge on any atom is 0.194 e. The summed E-state index contributed by atoms with van der Waals surface area (Å²) in [6.45, 7) is 0. The van der Waals surface area contributed by atoms with Gasteiger partial charge >= 0.3 is 0 Å². The minimum atomic E-state index is -1.44. The monoisotopic (exact) mass is 206 g/mol. The standard InChI is InChI=1S/C9H6ClF3/c10-5-1-2-6-3-4-7(11)9(13)8(6)12/h1,3-5H,2H2. The highest BCUT2D eigenvalue weighted by Crippen LogP contribution is 2.15. The van der Waals surface area contributed by atoms with Gasteiger partial charge in [0.2, 0.25) is 0 Å². The van der Waals surface area contributed by atoms with Crippen LogP contribution in [0.2, 0.25) is 0 Å². The smallest absolute Gasteiger partial charge is 0.194 e. The normalized spacial score (nSPS) is 11.1. The molecule has 0 aliphatic heterocycles. The Hall–Kier alpha value is -0.960. The zero-order valence-corrected chi connectivity index (χ0v) is 7.28. The molecule has 0 saturated heterocycles. The summed E-state index contributed by atoms with van der Waals surface area (Å²) in [5, 5.41) is 0. The molecule has 0 aromatic heterocycles. The number of hydrogen-bond donors (Lipinski definition) is 0. The summed E-state index contributed by atoms with van der Waals surface area (Å²) >= 11 is 5.20. The van der Waals surface area contributed by atoms with E-state index in [1.807, 2.05) is 0 Å². The Bertz CT molecular complexity index is 334. The number of benzene rings is 1. The molecule has 1 rings (SSSR count). The Morgan fingerprint density at radius 1 is 1.15 bits per heavy atom. The molecule has 0 fully saturated rings. The molecule has 0 amide bonds. The van der Waals surface area contributed by atoms with E-state index >= 15 is 0 Å². The van der Waals surface area contributed by atoms with Crippen LogP contribution >= 0.6 is 11.6 Å². The van der Waals surface area contributed by atoms with E-state index in [-0.39, 0.29) is 12.0 Å². The molecule has 1 aromatic rings. The van der Waals surface area contributed by atoms with Gasteiger partial charge in [0.15, 0.2) is 17.5 Å². The van der Waals surface area contributed by atoms with Gasteiger partial charge in [0.05, 0.1) is 0 Å². The Morgan fingerprint density at radius 3 is 2.46 bits per heavy atom. The van der Waals surface area contributed by atoms with Crippen LogP contribution in [-0.4, -0.2) is 0 Å². The average molecular weight is 207 g/mol. The van der Waals surface area contributed by atoms with E-state index in [4.69, 9.17) is 11.6 Å². The van der Waals surface area contributed by atoms with Gasteiger partial charge in [-0.3, -0.25) is 0 Å². The molecule has 0 bridgehead atoms. The van der Waals surface area contributed by atoms with E-state index in [0.29, 0.717) is 0 Å². The predicted octanol–water partition coefficient (Wildman–Crippen LogP) is 3.40. The van der Waals surface area contributed by atoms with Gasteiger partial charge in [0.1, 0.15) is 0 Å². The fraction of sp³-hybridized carbons (Fsp3) is 0.111. The van der Waals surface area contributed by atoms with Gasteiger partial charge in [-0.1, -0.05) is 23.7 Å². The van der Waals surface area contributed by atoms with Crippen LogP contribution in [0.5, 0.6) is 0 Å². The molecule has 0 radical (unpaired) electrons. The molecule has 0 heterocycles. The van der Waals surface area contributed by atoms with Crippen molar-refractivity contribution in [2.24, 2.45) is 0 Å². The first kappa shape index (κ1) is 10.1. The average Bonchev–Trinajstić information content (AvgIpc) is 2.13. The number of rotatable bonds is 2. The van der Waals surface area contributed by atoms with Crippen LogP contribution in [0, 0.1) is 17.5 Å². The lowest BCUT2D eigenvalue weighted by Gasteiger charge is -2.00. The molecular weight excluding hydrogens is 201 g/mol. The second kappa shape index (κ2) is 4.33. The third-order valence-electron chi connectivity index (χ3n) is 1.54. The van der Waals surface area contributed by atoms with Gasteiger partial charge < -0.3 is 0 Å². The second-order valence-electron chi connectivity index (χ2n) is 2.40. The minimum Gasteiger partial charge on any atom is -0.204 e. The molecule has 0 unspecified atom stereocenters. The Balaban J connectivity index is 3.03. The summed E-state index contributed by atoms with van der Waals surface area (Å²) in [5.41, 5.74) is 1.27. The molecule has 1 aromatic carbocycles. The van der Waals surface area contributed by atoms with Crippen molar-refractivity contribution < 1.29 is 13.2 Å². The van der Waals surface area contributed by atoms with Gasteiger partial charge in [-0.15, -0.1) is 0 Å². The third-order valence-corrected chi connectivity index (χ3v) is 1.72. The molecule has 0 saturated carbocycles. The largest absolute Gasteiger partial charge is 0.204 e. The van der Waals surface area contributed by atoms with Crippen molar-refractivity contribution in [2.45, 2.75) is 6.42 Å². The number of halogens is 4. The SMILES string of the molecule is Fc1ccc(CC=CCl)c(F)c1F. The van der Waals surface area contributed by atoms with Gasteiger partial charge in [-0.05, 0) is 18.1 Å². The lowest BCUT2D eigenvalue weighted by Crippen LogP contribution is -1.96. The van der Waals surface area contributed by atoms with Crippen LogP contribution in [0.15, 0.2) is 23.7 Å².